The first kappa shape index (κ1) is 24.1. The summed E-state index contributed by atoms with van der Waals surface area (Å²) in [5.41, 5.74) is 3.02. The van der Waals surface area contributed by atoms with Gasteiger partial charge in [-0.05, 0) is 40.4 Å². The average Bonchev–Trinajstić information content (AvgIpc) is 2.94. The second kappa shape index (κ2) is 8.21. The number of rotatable bonds is 1. The van der Waals surface area contributed by atoms with Crippen molar-refractivity contribution in [3.8, 4) is 22.6 Å². The van der Waals surface area contributed by atoms with E-state index in [9.17, 15) is 0 Å². The van der Waals surface area contributed by atoms with E-state index >= 15 is 0 Å². The SMILES string of the molecule is C[O+]=[C-]c1ccc2ccc3c(c2c1)-c1c(ccc2ccc(Br)cc12)O[Si](C(C)(C)C)(C(C)(C)C)O3. The van der Waals surface area contributed by atoms with Crippen LogP contribution in [0.15, 0.2) is 65.1 Å². The molecule has 0 aromatic heterocycles. The molecule has 5 rings (SSSR count). The zero-order chi connectivity index (χ0) is 25.2. The van der Waals surface area contributed by atoms with Crippen molar-refractivity contribution in [1.82, 2.24) is 0 Å². The normalized spacial score (nSPS) is 15.4. The van der Waals surface area contributed by atoms with Crippen LogP contribution in [0.5, 0.6) is 11.5 Å². The van der Waals surface area contributed by atoms with Gasteiger partial charge in [-0.1, -0.05) is 86.6 Å². The summed E-state index contributed by atoms with van der Waals surface area (Å²) in [4.78, 5) is 0. The first-order valence-corrected chi connectivity index (χ1v) is 14.5. The molecule has 0 saturated carbocycles. The molecule has 0 spiro atoms. The number of hydrogen-bond donors (Lipinski definition) is 0. The van der Waals surface area contributed by atoms with Crippen LogP contribution in [0, 0.1) is 0 Å². The third-order valence-electron chi connectivity index (χ3n) is 6.88. The minimum absolute atomic E-state index is 0.190. The topological polar surface area (TPSA) is 29.8 Å². The minimum Gasteiger partial charge on any atom is -0.511 e. The van der Waals surface area contributed by atoms with Crippen molar-refractivity contribution in [3.63, 3.8) is 0 Å². The van der Waals surface area contributed by atoms with Gasteiger partial charge in [0.15, 0.2) is 0 Å². The van der Waals surface area contributed by atoms with Crippen molar-refractivity contribution in [1.29, 1.82) is 0 Å². The van der Waals surface area contributed by atoms with E-state index in [1.54, 1.807) is 7.11 Å². The second-order valence-corrected chi connectivity index (χ2v) is 16.9. The van der Waals surface area contributed by atoms with Gasteiger partial charge in [0, 0.05) is 25.7 Å². The predicted octanol–water partition coefficient (Wildman–Crippen LogP) is 8.86. The lowest BCUT2D eigenvalue weighted by molar-refractivity contribution is 0.185. The summed E-state index contributed by atoms with van der Waals surface area (Å²) in [6.07, 6.45) is 2.99. The highest BCUT2D eigenvalue weighted by Crippen LogP contribution is 2.58. The molecule has 35 heavy (non-hydrogen) atoms. The van der Waals surface area contributed by atoms with E-state index in [4.69, 9.17) is 13.3 Å². The molecule has 0 fully saturated rings. The first-order valence-electron chi connectivity index (χ1n) is 11.9. The van der Waals surface area contributed by atoms with E-state index < -0.39 is 8.56 Å². The fraction of sp³-hybridized carbons (Fsp3) is 0.300. The van der Waals surface area contributed by atoms with Crippen LogP contribution in [0.3, 0.4) is 0 Å². The zero-order valence-electron chi connectivity index (χ0n) is 21.4. The lowest BCUT2D eigenvalue weighted by Gasteiger charge is -2.47. The van der Waals surface area contributed by atoms with Gasteiger partial charge in [-0.2, -0.15) is 6.07 Å². The Morgan fingerprint density at radius 2 is 1.20 bits per heavy atom. The lowest BCUT2D eigenvalue weighted by Crippen LogP contribution is -2.62. The summed E-state index contributed by atoms with van der Waals surface area (Å²) in [7, 11) is -1.28. The summed E-state index contributed by atoms with van der Waals surface area (Å²) in [6.45, 7) is 13.5. The molecule has 0 radical (unpaired) electrons. The van der Waals surface area contributed by atoms with Gasteiger partial charge < -0.3 is 13.3 Å². The molecule has 0 saturated heterocycles. The van der Waals surface area contributed by atoms with Gasteiger partial charge in [0.25, 0.3) is 6.29 Å². The van der Waals surface area contributed by atoms with Crippen LogP contribution in [-0.2, 0) is 4.42 Å². The summed E-state index contributed by atoms with van der Waals surface area (Å²) in [5.74, 6) is 1.75. The molecule has 0 amide bonds. The van der Waals surface area contributed by atoms with Crippen LogP contribution in [0.1, 0.15) is 47.1 Å². The molecule has 1 aliphatic rings. The molecule has 1 aliphatic heterocycles. The van der Waals surface area contributed by atoms with E-state index in [0.29, 0.717) is 0 Å². The summed E-state index contributed by atoms with van der Waals surface area (Å²) >= 11 is 3.70. The highest BCUT2D eigenvalue weighted by atomic mass is 79.9. The summed E-state index contributed by atoms with van der Waals surface area (Å²) in [6, 6.07) is 21.2. The van der Waals surface area contributed by atoms with Gasteiger partial charge in [-0.3, -0.25) is 0 Å². The Morgan fingerprint density at radius 1 is 0.714 bits per heavy atom. The quantitative estimate of drug-likeness (QED) is 0.135. The van der Waals surface area contributed by atoms with Crippen LogP contribution < -0.4 is 8.85 Å². The zero-order valence-corrected chi connectivity index (χ0v) is 24.0. The van der Waals surface area contributed by atoms with Crippen molar-refractivity contribution in [3.05, 3.63) is 70.7 Å². The maximum absolute atomic E-state index is 7.20. The van der Waals surface area contributed by atoms with Gasteiger partial charge in [-0.15, -0.1) is 12.1 Å². The molecular formula is C30H31BrO3Si. The van der Waals surface area contributed by atoms with Crippen molar-refractivity contribution in [2.24, 2.45) is 0 Å². The number of halogens is 1. The number of carbonyl (C=O) groups excluding carboxylic acids is 1. The molecule has 0 bridgehead atoms. The molecule has 1 heterocycles. The third-order valence-corrected chi connectivity index (χ3v) is 12.3. The van der Waals surface area contributed by atoms with Crippen molar-refractivity contribution < 1.29 is 13.3 Å². The van der Waals surface area contributed by atoms with Gasteiger partial charge in [0.05, 0.1) is 0 Å². The Bertz CT molecular complexity index is 1480. The molecule has 4 aromatic carbocycles. The van der Waals surface area contributed by atoms with Crippen LogP contribution in [-0.4, -0.2) is 22.0 Å². The Morgan fingerprint density at radius 3 is 1.71 bits per heavy atom. The van der Waals surface area contributed by atoms with Crippen molar-refractivity contribution in [2.75, 3.05) is 7.11 Å². The monoisotopic (exact) mass is 546 g/mol. The molecule has 0 N–H and O–H groups in total. The molecule has 180 valence electrons. The maximum atomic E-state index is 7.20. The molecule has 0 aliphatic carbocycles. The van der Waals surface area contributed by atoms with Crippen molar-refractivity contribution >= 4 is 52.3 Å². The Kier molecular flexibility index (Phi) is 5.65. The highest BCUT2D eigenvalue weighted by molar-refractivity contribution is 9.10. The van der Waals surface area contributed by atoms with E-state index in [2.05, 4.69) is 118 Å². The van der Waals surface area contributed by atoms with Crippen LogP contribution in [0.25, 0.3) is 32.7 Å². The fourth-order valence-electron chi connectivity index (χ4n) is 5.51. The van der Waals surface area contributed by atoms with Gasteiger partial charge in [0.2, 0.25) is 7.11 Å². The highest BCUT2D eigenvalue weighted by Gasteiger charge is 2.63. The van der Waals surface area contributed by atoms with Gasteiger partial charge in [-0.25, -0.2) is 0 Å². The summed E-state index contributed by atoms with van der Waals surface area (Å²) < 4.78 is 20.6. The van der Waals surface area contributed by atoms with E-state index in [-0.39, 0.29) is 10.1 Å². The summed E-state index contributed by atoms with van der Waals surface area (Å²) in [5, 5.41) is 4.13. The smallest absolute Gasteiger partial charge is 0.471 e. The average molecular weight is 548 g/mol. The lowest BCUT2D eigenvalue weighted by atomic mass is 9.91. The van der Waals surface area contributed by atoms with Crippen LogP contribution in [0.2, 0.25) is 10.1 Å². The first-order chi connectivity index (χ1) is 16.4. The molecular weight excluding hydrogens is 516 g/mol. The van der Waals surface area contributed by atoms with E-state index in [1.807, 2.05) is 6.07 Å². The largest absolute Gasteiger partial charge is 0.511 e. The predicted molar refractivity (Wildman–Crippen MR) is 152 cm³/mol. The molecule has 0 atom stereocenters. The standard InChI is InChI=1S/C30H31BrO3Si/c1-29(2,3)35(30(4,5)6)33-25-14-11-20-9-8-19(18-32-7)16-23(20)27(25)28-24-17-22(31)13-10-21(24)12-15-26(28)34-35/h8-17H,1-7H3. The molecule has 0 unspecified atom stereocenters. The van der Waals surface area contributed by atoms with Crippen LogP contribution in [0.4, 0.5) is 0 Å². The number of benzene rings is 4. The van der Waals surface area contributed by atoms with Gasteiger partial charge in [0.1, 0.15) is 11.5 Å². The number of hydrogen-bond acceptors (Lipinski definition) is 2. The third kappa shape index (κ3) is 3.80. The minimum atomic E-state index is -2.91. The Labute approximate surface area is 217 Å². The fourth-order valence-corrected chi connectivity index (χ4v) is 10.3. The Hall–Kier alpha value is -2.63. The second-order valence-electron chi connectivity index (χ2n) is 11.3. The van der Waals surface area contributed by atoms with Gasteiger partial charge >= 0.3 is 8.56 Å². The van der Waals surface area contributed by atoms with E-state index in [0.717, 1.165) is 54.2 Å². The maximum Gasteiger partial charge on any atom is 0.471 e. The molecule has 5 heteroatoms. The molecule has 4 aromatic rings. The van der Waals surface area contributed by atoms with Crippen molar-refractivity contribution in [2.45, 2.75) is 51.6 Å². The number of fused-ring (bicyclic) bond motifs is 7. The van der Waals surface area contributed by atoms with Crippen LogP contribution >= 0.6 is 15.9 Å². The molecule has 3 nitrogen and oxygen atoms in total. The Balaban J connectivity index is 1.99. The van der Waals surface area contributed by atoms with E-state index in [1.165, 1.54) is 0 Å².